The molecule has 1 N–H and O–H groups in total. The van der Waals surface area contributed by atoms with Gasteiger partial charge >= 0.3 is 6.18 Å². The number of benzene rings is 1. The molecule has 0 bridgehead atoms. The number of hydrogen-bond donors (Lipinski definition) is 1. The van der Waals surface area contributed by atoms with Gasteiger partial charge in [0.2, 0.25) is 0 Å². The maximum atomic E-state index is 12.6. The predicted octanol–water partition coefficient (Wildman–Crippen LogP) is 4.16. The van der Waals surface area contributed by atoms with Crippen LogP contribution in [0.25, 0.3) is 0 Å². The van der Waals surface area contributed by atoms with Crippen molar-refractivity contribution in [3.63, 3.8) is 0 Å². The van der Waals surface area contributed by atoms with Crippen molar-refractivity contribution in [3.05, 3.63) is 35.4 Å². The van der Waals surface area contributed by atoms with Crippen LogP contribution in [0.4, 0.5) is 13.2 Å². The van der Waals surface area contributed by atoms with Crippen LogP contribution in [0.2, 0.25) is 0 Å². The molecule has 0 aliphatic heterocycles. The summed E-state index contributed by atoms with van der Waals surface area (Å²) < 4.78 is 37.8. The monoisotopic (exact) mass is 251 g/mol. The van der Waals surface area contributed by atoms with Gasteiger partial charge in [0.25, 0.3) is 0 Å². The average molecular weight is 252 g/mol. The predicted molar refractivity (Wildman–Crippen MR) is 58.3 cm³/mol. The minimum atomic E-state index is -4.39. The minimum Gasteiger partial charge on any atom is -0.217 e. The Kier molecular flexibility index (Phi) is 4.21. The molecule has 16 heavy (non-hydrogen) atoms. The van der Waals surface area contributed by atoms with Gasteiger partial charge in [-0.3, -0.25) is 0 Å². The van der Waals surface area contributed by atoms with Crippen LogP contribution in [0, 0.1) is 0 Å². The molecule has 0 aliphatic carbocycles. The Balaban J connectivity index is 3.07. The number of hydrogen-bond acceptors (Lipinski definition) is 1. The summed E-state index contributed by atoms with van der Waals surface area (Å²) in [6.45, 7) is 3.85. The molecule has 0 unspecified atom stereocenters. The lowest BCUT2D eigenvalue weighted by Crippen LogP contribution is -2.28. The van der Waals surface area contributed by atoms with Crippen LogP contribution in [-0.4, -0.2) is 6.18 Å². The Labute approximate surface area is 97.7 Å². The van der Waals surface area contributed by atoms with Crippen molar-refractivity contribution in [1.82, 2.24) is 4.84 Å². The van der Waals surface area contributed by atoms with Crippen molar-refractivity contribution in [2.75, 3.05) is 0 Å². The molecule has 1 aromatic carbocycles. The first-order valence-corrected chi connectivity index (χ1v) is 5.26. The second-order valence-electron chi connectivity index (χ2n) is 3.91. The van der Waals surface area contributed by atoms with Crippen molar-refractivity contribution < 1.29 is 13.2 Å². The second-order valence-corrected chi connectivity index (χ2v) is 4.13. The van der Waals surface area contributed by atoms with Gasteiger partial charge in [-0.25, -0.2) is 4.84 Å². The molecule has 0 heterocycles. The van der Waals surface area contributed by atoms with Crippen LogP contribution < -0.4 is 4.84 Å². The van der Waals surface area contributed by atoms with Crippen LogP contribution in [0.1, 0.15) is 36.9 Å². The fraction of sp³-hybridized carbons (Fsp3) is 0.455. The highest BCUT2D eigenvalue weighted by Gasteiger charge is 2.40. The SMILES string of the molecule is CC(C)c1cccc([C@@H](NCl)C(F)(F)F)c1. The van der Waals surface area contributed by atoms with Gasteiger partial charge in [0, 0.05) is 0 Å². The summed E-state index contributed by atoms with van der Waals surface area (Å²) in [6, 6.07) is 4.53. The summed E-state index contributed by atoms with van der Waals surface area (Å²) in [7, 11) is 0. The zero-order valence-corrected chi connectivity index (χ0v) is 9.73. The Hall–Kier alpha value is -0.740. The molecule has 0 radical (unpaired) electrons. The topological polar surface area (TPSA) is 12.0 Å². The van der Waals surface area contributed by atoms with E-state index in [9.17, 15) is 13.2 Å². The fourth-order valence-electron chi connectivity index (χ4n) is 1.41. The maximum absolute atomic E-state index is 12.6. The average Bonchev–Trinajstić information content (AvgIpc) is 2.17. The van der Waals surface area contributed by atoms with Gasteiger partial charge in [-0.15, -0.1) is 0 Å². The van der Waals surface area contributed by atoms with E-state index in [1.54, 1.807) is 17.0 Å². The van der Waals surface area contributed by atoms with E-state index in [2.05, 4.69) is 0 Å². The lowest BCUT2D eigenvalue weighted by Gasteiger charge is -2.19. The van der Waals surface area contributed by atoms with Gasteiger partial charge in [-0.2, -0.15) is 13.2 Å². The first kappa shape index (κ1) is 13.3. The van der Waals surface area contributed by atoms with Crippen molar-refractivity contribution in [3.8, 4) is 0 Å². The lowest BCUT2D eigenvalue weighted by molar-refractivity contribution is -0.153. The quantitative estimate of drug-likeness (QED) is 0.796. The van der Waals surface area contributed by atoms with Crippen molar-refractivity contribution >= 4 is 11.8 Å². The third kappa shape index (κ3) is 3.12. The molecule has 0 aromatic heterocycles. The van der Waals surface area contributed by atoms with E-state index in [0.29, 0.717) is 0 Å². The molecule has 1 atom stereocenters. The molecule has 5 heteroatoms. The molecule has 0 spiro atoms. The Morgan fingerprint density at radius 1 is 1.19 bits per heavy atom. The van der Waals surface area contributed by atoms with E-state index < -0.39 is 12.2 Å². The lowest BCUT2D eigenvalue weighted by atomic mass is 9.98. The Morgan fingerprint density at radius 3 is 2.19 bits per heavy atom. The largest absolute Gasteiger partial charge is 0.409 e. The van der Waals surface area contributed by atoms with Crippen molar-refractivity contribution in [1.29, 1.82) is 0 Å². The minimum absolute atomic E-state index is 0.133. The molecule has 0 saturated carbocycles. The number of halogens is 4. The van der Waals surface area contributed by atoms with E-state index in [0.717, 1.165) is 5.56 Å². The van der Waals surface area contributed by atoms with Gasteiger partial charge in [0.05, 0.1) is 0 Å². The summed E-state index contributed by atoms with van der Waals surface area (Å²) in [5.74, 6) is 0.184. The van der Waals surface area contributed by atoms with E-state index >= 15 is 0 Å². The third-order valence-electron chi connectivity index (χ3n) is 2.35. The number of rotatable bonds is 3. The van der Waals surface area contributed by atoms with Gasteiger partial charge < -0.3 is 0 Å². The van der Waals surface area contributed by atoms with Gasteiger partial charge in [-0.05, 0) is 28.8 Å². The van der Waals surface area contributed by atoms with E-state index in [-0.39, 0.29) is 11.5 Å². The standard InChI is InChI=1S/C11H13ClF3N/c1-7(2)8-4-3-5-9(6-8)10(16-12)11(13,14)15/h3-7,10,16H,1-2H3/t10-/m1/s1. The highest BCUT2D eigenvalue weighted by molar-refractivity contribution is 6.13. The third-order valence-corrected chi connectivity index (χ3v) is 2.57. The maximum Gasteiger partial charge on any atom is 0.409 e. The molecule has 0 amide bonds. The van der Waals surface area contributed by atoms with Crippen molar-refractivity contribution in [2.45, 2.75) is 32.0 Å². The van der Waals surface area contributed by atoms with Crippen LogP contribution in [0.3, 0.4) is 0 Å². The summed E-state index contributed by atoms with van der Waals surface area (Å²) >= 11 is 5.15. The number of alkyl halides is 3. The van der Waals surface area contributed by atoms with Crippen LogP contribution in [-0.2, 0) is 0 Å². The summed E-state index contributed by atoms with van der Waals surface area (Å²) in [6.07, 6.45) is -4.39. The van der Waals surface area contributed by atoms with E-state index in [1.807, 2.05) is 13.8 Å². The molecule has 90 valence electrons. The first-order chi connectivity index (χ1) is 7.36. The van der Waals surface area contributed by atoms with Gasteiger partial charge in [0.15, 0.2) is 0 Å². The first-order valence-electron chi connectivity index (χ1n) is 4.89. The molecule has 0 aliphatic rings. The molecular formula is C11H13ClF3N. The van der Waals surface area contributed by atoms with Gasteiger partial charge in [-0.1, -0.05) is 38.1 Å². The molecule has 0 saturated heterocycles. The normalized spacial score (nSPS) is 14.2. The Morgan fingerprint density at radius 2 is 1.75 bits per heavy atom. The molecule has 1 nitrogen and oxygen atoms in total. The van der Waals surface area contributed by atoms with E-state index in [4.69, 9.17) is 11.8 Å². The fourth-order valence-corrected chi connectivity index (χ4v) is 1.66. The Bertz CT molecular complexity index is 349. The highest BCUT2D eigenvalue weighted by atomic mass is 35.5. The van der Waals surface area contributed by atoms with Crippen LogP contribution in [0.15, 0.2) is 24.3 Å². The highest BCUT2D eigenvalue weighted by Crippen LogP contribution is 2.34. The zero-order valence-electron chi connectivity index (χ0n) is 8.98. The van der Waals surface area contributed by atoms with Crippen LogP contribution >= 0.6 is 11.8 Å². The second kappa shape index (κ2) is 5.06. The number of nitrogens with one attached hydrogen (secondary N) is 1. The zero-order chi connectivity index (χ0) is 12.3. The molecule has 1 aromatic rings. The summed E-state index contributed by atoms with van der Waals surface area (Å²) in [4.78, 5) is 1.77. The van der Waals surface area contributed by atoms with Crippen LogP contribution in [0.5, 0.6) is 0 Å². The van der Waals surface area contributed by atoms with Gasteiger partial charge in [0.1, 0.15) is 6.04 Å². The van der Waals surface area contributed by atoms with E-state index in [1.165, 1.54) is 12.1 Å². The summed E-state index contributed by atoms with van der Waals surface area (Å²) in [5, 5.41) is 0. The van der Waals surface area contributed by atoms with Crippen molar-refractivity contribution in [2.24, 2.45) is 0 Å². The molecule has 0 fully saturated rings. The summed E-state index contributed by atoms with van der Waals surface area (Å²) in [5.41, 5.74) is 0.993. The molecule has 1 rings (SSSR count). The molecular weight excluding hydrogens is 239 g/mol. The smallest absolute Gasteiger partial charge is 0.217 e.